The van der Waals surface area contributed by atoms with Gasteiger partial charge in [0.1, 0.15) is 0 Å². The molecular formula is C14H24N2O4. The topological polar surface area (TPSA) is 70.1 Å². The largest absolute Gasteiger partial charge is 0.469 e. The van der Waals surface area contributed by atoms with Crippen LogP contribution in [-0.2, 0) is 14.3 Å². The predicted molar refractivity (Wildman–Crippen MR) is 73.0 cm³/mol. The molecule has 0 unspecified atom stereocenters. The van der Waals surface area contributed by atoms with E-state index < -0.39 is 5.60 Å². The Labute approximate surface area is 119 Å². The van der Waals surface area contributed by atoms with Crippen molar-refractivity contribution in [3.8, 4) is 0 Å². The summed E-state index contributed by atoms with van der Waals surface area (Å²) in [7, 11) is 1.40. The van der Waals surface area contributed by atoms with E-state index in [1.165, 1.54) is 7.11 Å². The molecule has 0 saturated carbocycles. The maximum Gasteiger partial charge on any atom is 0.308 e. The molecule has 6 nitrogen and oxygen atoms in total. The zero-order chi connectivity index (χ0) is 14.8. The van der Waals surface area contributed by atoms with Gasteiger partial charge in [0.15, 0.2) is 0 Å². The van der Waals surface area contributed by atoms with Gasteiger partial charge >= 0.3 is 5.97 Å². The van der Waals surface area contributed by atoms with Gasteiger partial charge in [0.05, 0.1) is 25.2 Å². The molecular weight excluding hydrogens is 260 g/mol. The number of carbonyl (C=O) groups is 2. The summed E-state index contributed by atoms with van der Waals surface area (Å²) in [5.74, 6) is -0.155. The molecule has 0 aromatic carbocycles. The number of amides is 1. The van der Waals surface area contributed by atoms with E-state index in [0.29, 0.717) is 45.6 Å². The third kappa shape index (κ3) is 3.30. The van der Waals surface area contributed by atoms with Crippen LogP contribution >= 0.6 is 0 Å². The van der Waals surface area contributed by atoms with Crippen molar-refractivity contribution in [2.45, 2.75) is 31.8 Å². The lowest BCUT2D eigenvalue weighted by atomic mass is 9.91. The van der Waals surface area contributed by atoms with Gasteiger partial charge in [-0.15, -0.1) is 0 Å². The molecule has 1 N–H and O–H groups in total. The molecule has 0 aromatic rings. The average Bonchev–Trinajstić information content (AvgIpc) is 2.44. The number of esters is 1. The van der Waals surface area contributed by atoms with Crippen LogP contribution in [0.25, 0.3) is 0 Å². The first-order chi connectivity index (χ1) is 9.47. The summed E-state index contributed by atoms with van der Waals surface area (Å²) in [6.45, 7) is 4.71. The Bertz CT molecular complexity index is 371. The molecule has 2 fully saturated rings. The molecule has 2 saturated heterocycles. The highest BCUT2D eigenvalue weighted by atomic mass is 16.5. The molecule has 0 aliphatic carbocycles. The Morgan fingerprint density at radius 3 is 2.40 bits per heavy atom. The number of nitrogens with zero attached hydrogens (tertiary/aromatic N) is 2. The monoisotopic (exact) mass is 284 g/mol. The minimum atomic E-state index is -0.599. The van der Waals surface area contributed by atoms with Crippen molar-refractivity contribution in [3.63, 3.8) is 0 Å². The molecule has 0 atom stereocenters. The minimum absolute atomic E-state index is 0.0711. The van der Waals surface area contributed by atoms with Gasteiger partial charge in [-0.05, 0) is 19.3 Å². The highest BCUT2D eigenvalue weighted by Gasteiger charge is 2.40. The highest BCUT2D eigenvalue weighted by molar-refractivity contribution is 5.79. The van der Waals surface area contributed by atoms with E-state index in [2.05, 4.69) is 0 Å². The van der Waals surface area contributed by atoms with E-state index in [0.717, 1.165) is 6.42 Å². The van der Waals surface area contributed by atoms with E-state index >= 15 is 0 Å². The molecule has 1 amide bonds. The molecule has 6 heteroatoms. The van der Waals surface area contributed by atoms with Crippen molar-refractivity contribution in [1.82, 2.24) is 9.80 Å². The van der Waals surface area contributed by atoms with Gasteiger partial charge < -0.3 is 14.7 Å². The Morgan fingerprint density at radius 1 is 1.30 bits per heavy atom. The van der Waals surface area contributed by atoms with Crippen LogP contribution in [0.2, 0.25) is 0 Å². The zero-order valence-corrected chi connectivity index (χ0v) is 12.3. The lowest BCUT2D eigenvalue weighted by Crippen LogP contribution is -2.63. The number of aliphatic hydroxyl groups is 1. The summed E-state index contributed by atoms with van der Waals surface area (Å²) in [6, 6.07) is 0. The van der Waals surface area contributed by atoms with Crippen LogP contribution in [0.4, 0.5) is 0 Å². The number of rotatable bonds is 4. The minimum Gasteiger partial charge on any atom is -0.469 e. The first-order valence-corrected chi connectivity index (χ1v) is 7.28. The van der Waals surface area contributed by atoms with Crippen molar-refractivity contribution in [1.29, 1.82) is 0 Å². The fraction of sp³-hybridized carbons (Fsp3) is 0.857. The second-order valence-electron chi connectivity index (χ2n) is 5.90. The number of β-amino-alcohol motifs (C(OH)–C–C–N with tert-alkyl or cyclic N) is 1. The quantitative estimate of drug-likeness (QED) is 0.727. The van der Waals surface area contributed by atoms with Crippen molar-refractivity contribution in [2.24, 2.45) is 5.92 Å². The van der Waals surface area contributed by atoms with Crippen molar-refractivity contribution >= 4 is 11.9 Å². The summed E-state index contributed by atoms with van der Waals surface area (Å²) in [4.78, 5) is 27.3. The SMILES string of the molecule is CCC1(O)CN(CC(=O)N2CCC(C(=O)OC)CC2)C1. The van der Waals surface area contributed by atoms with Crippen LogP contribution in [-0.4, -0.2) is 72.2 Å². The van der Waals surface area contributed by atoms with E-state index in [1.807, 2.05) is 16.7 Å². The van der Waals surface area contributed by atoms with Crippen LogP contribution < -0.4 is 0 Å². The van der Waals surface area contributed by atoms with E-state index in [-0.39, 0.29) is 17.8 Å². The number of hydrogen-bond donors (Lipinski definition) is 1. The lowest BCUT2D eigenvalue weighted by molar-refractivity contribution is -0.151. The van der Waals surface area contributed by atoms with Gasteiger partial charge in [0.2, 0.25) is 5.91 Å². The number of hydrogen-bond acceptors (Lipinski definition) is 5. The molecule has 2 aliphatic rings. The molecule has 0 spiro atoms. The number of methoxy groups -OCH3 is 1. The maximum atomic E-state index is 12.1. The van der Waals surface area contributed by atoms with Crippen LogP contribution in [0.3, 0.4) is 0 Å². The van der Waals surface area contributed by atoms with E-state index in [9.17, 15) is 14.7 Å². The third-order valence-corrected chi connectivity index (χ3v) is 4.44. The first kappa shape index (κ1) is 15.3. The molecule has 2 rings (SSSR count). The Balaban J connectivity index is 1.72. The van der Waals surface area contributed by atoms with Crippen molar-refractivity contribution < 1.29 is 19.4 Å². The standard InChI is InChI=1S/C14H24N2O4/c1-3-14(19)9-15(10-14)8-12(17)16-6-4-11(5-7-16)13(18)20-2/h11,19H,3-10H2,1-2H3. The van der Waals surface area contributed by atoms with Gasteiger partial charge in [0, 0.05) is 26.2 Å². The second-order valence-corrected chi connectivity index (χ2v) is 5.90. The van der Waals surface area contributed by atoms with Crippen LogP contribution in [0.5, 0.6) is 0 Å². The van der Waals surface area contributed by atoms with Gasteiger partial charge in [-0.25, -0.2) is 0 Å². The Kier molecular flexibility index (Phi) is 4.65. The summed E-state index contributed by atoms with van der Waals surface area (Å²) >= 11 is 0. The molecule has 0 bridgehead atoms. The maximum absolute atomic E-state index is 12.1. The van der Waals surface area contributed by atoms with Crippen LogP contribution in [0, 0.1) is 5.92 Å². The van der Waals surface area contributed by atoms with Crippen molar-refractivity contribution in [3.05, 3.63) is 0 Å². The van der Waals surface area contributed by atoms with Crippen molar-refractivity contribution in [2.75, 3.05) is 39.8 Å². The number of ether oxygens (including phenoxy) is 1. The number of carbonyl (C=O) groups excluding carboxylic acids is 2. The predicted octanol–water partition coefficient (Wildman–Crippen LogP) is -0.145. The van der Waals surface area contributed by atoms with E-state index in [1.54, 1.807) is 0 Å². The third-order valence-electron chi connectivity index (χ3n) is 4.44. The fourth-order valence-corrected chi connectivity index (χ4v) is 2.94. The molecule has 0 aromatic heterocycles. The summed E-state index contributed by atoms with van der Waals surface area (Å²) < 4.78 is 4.73. The van der Waals surface area contributed by atoms with Crippen LogP contribution in [0.15, 0.2) is 0 Å². The Morgan fingerprint density at radius 2 is 1.90 bits per heavy atom. The zero-order valence-electron chi connectivity index (χ0n) is 12.3. The Hall–Kier alpha value is -1.14. The normalized spacial score (nSPS) is 23.2. The number of likely N-dealkylation sites (tertiary alicyclic amines) is 2. The average molecular weight is 284 g/mol. The highest BCUT2D eigenvalue weighted by Crippen LogP contribution is 2.24. The van der Waals surface area contributed by atoms with Crippen LogP contribution in [0.1, 0.15) is 26.2 Å². The van der Waals surface area contributed by atoms with Gasteiger partial charge in [0.25, 0.3) is 0 Å². The molecule has 2 aliphatic heterocycles. The number of piperidine rings is 1. The molecule has 114 valence electrons. The summed E-state index contributed by atoms with van der Waals surface area (Å²) in [6.07, 6.45) is 2.08. The molecule has 0 radical (unpaired) electrons. The summed E-state index contributed by atoms with van der Waals surface area (Å²) in [5.41, 5.74) is -0.599. The van der Waals surface area contributed by atoms with Gasteiger partial charge in [-0.1, -0.05) is 6.92 Å². The molecule has 2 heterocycles. The fourth-order valence-electron chi connectivity index (χ4n) is 2.94. The second kappa shape index (κ2) is 6.10. The summed E-state index contributed by atoms with van der Waals surface area (Å²) in [5, 5.41) is 9.92. The van der Waals surface area contributed by atoms with Gasteiger partial charge in [-0.3, -0.25) is 14.5 Å². The molecule has 20 heavy (non-hydrogen) atoms. The van der Waals surface area contributed by atoms with Gasteiger partial charge in [-0.2, -0.15) is 0 Å². The van der Waals surface area contributed by atoms with E-state index in [4.69, 9.17) is 4.74 Å². The smallest absolute Gasteiger partial charge is 0.308 e. The lowest BCUT2D eigenvalue weighted by Gasteiger charge is -2.46. The first-order valence-electron chi connectivity index (χ1n) is 7.28.